The maximum atomic E-state index is 12.8. The van der Waals surface area contributed by atoms with E-state index in [1.165, 1.54) is 18.3 Å². The van der Waals surface area contributed by atoms with Crippen molar-refractivity contribution in [3.63, 3.8) is 0 Å². The number of hydrogen-bond donors (Lipinski definition) is 1. The predicted molar refractivity (Wildman–Crippen MR) is 91.3 cm³/mol. The number of fused-ring (bicyclic) bond motifs is 1. The minimum atomic E-state index is -3.87. The smallest absolute Gasteiger partial charge is 0.259 e. The van der Waals surface area contributed by atoms with Crippen LogP contribution in [0.2, 0.25) is 0 Å². The highest BCUT2D eigenvalue weighted by molar-refractivity contribution is 7.89. The number of benzene rings is 1. The van der Waals surface area contributed by atoms with Gasteiger partial charge in [0.1, 0.15) is 0 Å². The number of nitrogens with zero attached hydrogens (tertiary/aromatic N) is 2. The monoisotopic (exact) mass is 345 g/mol. The number of anilines is 1. The van der Waals surface area contributed by atoms with E-state index in [0.29, 0.717) is 18.0 Å². The summed E-state index contributed by atoms with van der Waals surface area (Å²) in [6.07, 6.45) is 1.26. The van der Waals surface area contributed by atoms with Gasteiger partial charge in [-0.3, -0.25) is 4.79 Å². The molecule has 2 heterocycles. The van der Waals surface area contributed by atoms with Crippen LogP contribution in [-0.4, -0.2) is 25.9 Å². The second-order valence-electron chi connectivity index (χ2n) is 6.26. The van der Waals surface area contributed by atoms with E-state index in [1.54, 1.807) is 4.90 Å². The van der Waals surface area contributed by atoms with Gasteiger partial charge in [0, 0.05) is 24.3 Å². The van der Waals surface area contributed by atoms with Crippen LogP contribution < -0.4 is 10.0 Å². The number of hydrogen-bond acceptors (Lipinski definition) is 4. The fourth-order valence-electron chi connectivity index (χ4n) is 3.03. The highest BCUT2D eigenvalue weighted by Crippen LogP contribution is 2.40. The van der Waals surface area contributed by atoms with Gasteiger partial charge in [0.05, 0.1) is 5.56 Å². The third kappa shape index (κ3) is 2.92. The Balaban J connectivity index is 1.94. The molecule has 0 spiro atoms. The molecule has 0 radical (unpaired) electrons. The summed E-state index contributed by atoms with van der Waals surface area (Å²) < 4.78 is 22.5. The normalized spacial score (nSPS) is 17.2. The lowest BCUT2D eigenvalue weighted by atomic mass is 9.90. The van der Waals surface area contributed by atoms with Gasteiger partial charge in [-0.15, -0.1) is 0 Å². The fourth-order valence-corrected chi connectivity index (χ4v) is 3.49. The topological polar surface area (TPSA) is 93.4 Å². The Bertz CT molecular complexity index is 876. The van der Waals surface area contributed by atoms with Gasteiger partial charge in [-0.25, -0.2) is 18.5 Å². The summed E-state index contributed by atoms with van der Waals surface area (Å²) in [5.41, 5.74) is 2.40. The largest absolute Gasteiger partial charge is 0.307 e. The molecule has 1 aromatic heterocycles. The molecular formula is C17H19N3O3S. The standard InChI is InChI=1S/C17H19N3O3S/c1-11(2)14-10-20(15-6-4-3-5-13(14)15)17(21)12-7-8-16(19-9-12)24(18,22)23/h3-9,11,14H,10H2,1-2H3,(H2,18,22,23)/t14-/m1/s1. The van der Waals surface area contributed by atoms with Crippen molar-refractivity contribution in [2.45, 2.75) is 24.8 Å². The van der Waals surface area contributed by atoms with Gasteiger partial charge < -0.3 is 4.90 Å². The molecule has 1 aliphatic rings. The molecule has 24 heavy (non-hydrogen) atoms. The van der Waals surface area contributed by atoms with Crippen LogP contribution in [0, 0.1) is 5.92 Å². The quantitative estimate of drug-likeness (QED) is 0.922. The number of carbonyl (C=O) groups excluding carboxylic acids is 1. The molecule has 0 aliphatic carbocycles. The molecule has 1 amide bonds. The Hall–Kier alpha value is -2.25. The first-order chi connectivity index (χ1) is 11.3. The molecule has 0 saturated heterocycles. The Morgan fingerprint density at radius 3 is 2.54 bits per heavy atom. The average molecular weight is 345 g/mol. The number of amides is 1. The summed E-state index contributed by atoms with van der Waals surface area (Å²) in [7, 11) is -3.87. The molecule has 0 saturated carbocycles. The predicted octanol–water partition coefficient (Wildman–Crippen LogP) is 2.13. The number of aromatic nitrogens is 1. The van der Waals surface area contributed by atoms with E-state index in [4.69, 9.17) is 5.14 Å². The first-order valence-corrected chi connectivity index (χ1v) is 9.23. The number of primary sulfonamides is 1. The summed E-state index contributed by atoms with van der Waals surface area (Å²) in [6.45, 7) is 4.88. The molecule has 1 atom stereocenters. The summed E-state index contributed by atoms with van der Waals surface area (Å²) in [6, 6.07) is 10.6. The van der Waals surface area contributed by atoms with Crippen molar-refractivity contribution in [2.75, 3.05) is 11.4 Å². The lowest BCUT2D eigenvalue weighted by Gasteiger charge is -2.19. The average Bonchev–Trinajstić information content (AvgIpc) is 2.93. The lowest BCUT2D eigenvalue weighted by Crippen LogP contribution is -2.30. The molecule has 6 nitrogen and oxygen atoms in total. The molecule has 3 rings (SSSR count). The third-order valence-corrected chi connectivity index (χ3v) is 5.16. The Morgan fingerprint density at radius 2 is 1.96 bits per heavy atom. The maximum absolute atomic E-state index is 12.8. The van der Waals surface area contributed by atoms with Gasteiger partial charge in [-0.2, -0.15) is 0 Å². The first-order valence-electron chi connectivity index (χ1n) is 7.68. The number of nitrogens with two attached hydrogens (primary N) is 1. The SMILES string of the molecule is CC(C)[C@H]1CN(C(=O)c2ccc(S(N)(=O)=O)nc2)c2ccccc21. The second-order valence-corrected chi connectivity index (χ2v) is 7.76. The minimum Gasteiger partial charge on any atom is -0.307 e. The van der Waals surface area contributed by atoms with Crippen molar-refractivity contribution in [3.8, 4) is 0 Å². The van der Waals surface area contributed by atoms with Gasteiger partial charge in [-0.05, 0) is 29.7 Å². The number of sulfonamides is 1. The fraction of sp³-hybridized carbons (Fsp3) is 0.294. The Kier molecular flexibility index (Phi) is 4.15. The van der Waals surface area contributed by atoms with Crippen LogP contribution >= 0.6 is 0 Å². The molecule has 2 aromatic rings. The van der Waals surface area contributed by atoms with E-state index >= 15 is 0 Å². The van der Waals surface area contributed by atoms with E-state index in [2.05, 4.69) is 24.9 Å². The zero-order valence-electron chi connectivity index (χ0n) is 13.5. The van der Waals surface area contributed by atoms with Crippen LogP contribution in [0.3, 0.4) is 0 Å². The molecule has 0 fully saturated rings. The second kappa shape index (κ2) is 5.99. The molecule has 0 bridgehead atoms. The zero-order chi connectivity index (χ0) is 17.5. The van der Waals surface area contributed by atoms with Crippen LogP contribution in [-0.2, 0) is 10.0 Å². The summed E-state index contributed by atoms with van der Waals surface area (Å²) in [5.74, 6) is 0.493. The van der Waals surface area contributed by atoms with Crippen LogP contribution in [0.1, 0.15) is 35.7 Å². The van der Waals surface area contributed by atoms with Crippen molar-refractivity contribution in [2.24, 2.45) is 11.1 Å². The van der Waals surface area contributed by atoms with Crippen LogP contribution in [0.4, 0.5) is 5.69 Å². The van der Waals surface area contributed by atoms with E-state index in [-0.39, 0.29) is 16.9 Å². The third-order valence-electron chi connectivity index (χ3n) is 4.33. The van der Waals surface area contributed by atoms with Crippen molar-refractivity contribution in [3.05, 3.63) is 53.7 Å². The van der Waals surface area contributed by atoms with Gasteiger partial charge in [0.2, 0.25) is 0 Å². The van der Waals surface area contributed by atoms with Crippen molar-refractivity contribution < 1.29 is 13.2 Å². The molecule has 2 N–H and O–H groups in total. The number of pyridine rings is 1. The number of rotatable bonds is 3. The van der Waals surface area contributed by atoms with E-state index in [9.17, 15) is 13.2 Å². The molecule has 0 unspecified atom stereocenters. The van der Waals surface area contributed by atoms with Gasteiger partial charge in [0.25, 0.3) is 15.9 Å². The van der Waals surface area contributed by atoms with Crippen molar-refractivity contribution in [1.82, 2.24) is 4.98 Å². The van der Waals surface area contributed by atoms with Gasteiger partial charge >= 0.3 is 0 Å². The molecular weight excluding hydrogens is 326 g/mol. The van der Waals surface area contributed by atoms with Crippen LogP contribution in [0.25, 0.3) is 0 Å². The van der Waals surface area contributed by atoms with Crippen molar-refractivity contribution >= 4 is 21.6 Å². The summed E-state index contributed by atoms with van der Waals surface area (Å²) >= 11 is 0. The number of carbonyl (C=O) groups is 1. The highest BCUT2D eigenvalue weighted by Gasteiger charge is 2.34. The minimum absolute atomic E-state index is 0.195. The van der Waals surface area contributed by atoms with E-state index in [1.807, 2.05) is 18.2 Å². The van der Waals surface area contributed by atoms with Gasteiger partial charge in [0.15, 0.2) is 5.03 Å². The molecule has 7 heteroatoms. The van der Waals surface area contributed by atoms with E-state index in [0.717, 1.165) is 11.3 Å². The molecule has 1 aliphatic heterocycles. The highest BCUT2D eigenvalue weighted by atomic mass is 32.2. The Labute approximate surface area is 141 Å². The molecule has 1 aromatic carbocycles. The maximum Gasteiger partial charge on any atom is 0.259 e. The zero-order valence-corrected chi connectivity index (χ0v) is 14.3. The van der Waals surface area contributed by atoms with Crippen LogP contribution in [0.5, 0.6) is 0 Å². The van der Waals surface area contributed by atoms with E-state index < -0.39 is 10.0 Å². The first kappa shape index (κ1) is 16.6. The Morgan fingerprint density at radius 1 is 1.25 bits per heavy atom. The summed E-state index contributed by atoms with van der Waals surface area (Å²) in [5, 5.41) is 4.79. The summed E-state index contributed by atoms with van der Waals surface area (Å²) in [4.78, 5) is 18.4. The number of para-hydroxylation sites is 1. The van der Waals surface area contributed by atoms with Crippen LogP contribution in [0.15, 0.2) is 47.6 Å². The van der Waals surface area contributed by atoms with Gasteiger partial charge in [-0.1, -0.05) is 32.0 Å². The van der Waals surface area contributed by atoms with Crippen molar-refractivity contribution in [1.29, 1.82) is 0 Å². The molecule has 126 valence electrons. The lowest BCUT2D eigenvalue weighted by molar-refractivity contribution is 0.0987.